The molecule has 0 fully saturated rings. The van der Waals surface area contributed by atoms with E-state index in [9.17, 15) is 32.9 Å². The normalized spacial score (nSPS) is 12.0. The van der Waals surface area contributed by atoms with Crippen molar-refractivity contribution in [3.8, 4) is 5.75 Å². The first-order chi connectivity index (χ1) is 14.6. The van der Waals surface area contributed by atoms with Crippen LogP contribution in [0.3, 0.4) is 0 Å². The number of nitrogens with zero attached hydrogens (tertiary/aromatic N) is 1. The van der Waals surface area contributed by atoms with Crippen LogP contribution in [0.25, 0.3) is 0 Å². The third-order valence-corrected chi connectivity index (χ3v) is 3.99. The number of alkyl halides is 3. The zero-order valence-corrected chi connectivity index (χ0v) is 16.3. The number of amides is 1. The van der Waals surface area contributed by atoms with Crippen LogP contribution in [0.1, 0.15) is 25.3 Å². The van der Waals surface area contributed by atoms with Gasteiger partial charge in [0, 0.05) is 18.6 Å². The van der Waals surface area contributed by atoms with Gasteiger partial charge in [0.2, 0.25) is 0 Å². The van der Waals surface area contributed by atoms with Crippen molar-refractivity contribution in [3.63, 3.8) is 0 Å². The second-order valence-corrected chi connectivity index (χ2v) is 6.37. The van der Waals surface area contributed by atoms with Crippen molar-refractivity contribution in [2.45, 2.75) is 32.0 Å². The number of nitro groups is 1. The number of carbonyl (C=O) groups excluding carboxylic acids is 2. The predicted molar refractivity (Wildman–Crippen MR) is 103 cm³/mol. The Morgan fingerprint density at radius 2 is 1.84 bits per heavy atom. The number of benzene rings is 2. The minimum atomic E-state index is -4.94. The van der Waals surface area contributed by atoms with Gasteiger partial charge in [-0.1, -0.05) is 18.2 Å². The largest absolute Gasteiger partial charge is 0.494 e. The number of halogens is 3. The van der Waals surface area contributed by atoms with E-state index in [0.29, 0.717) is 18.2 Å². The monoisotopic (exact) mass is 440 g/mol. The van der Waals surface area contributed by atoms with E-state index in [2.05, 4.69) is 0 Å². The average Bonchev–Trinajstić information content (AvgIpc) is 2.71. The Balaban J connectivity index is 1.88. The van der Waals surface area contributed by atoms with Crippen molar-refractivity contribution < 1.29 is 37.2 Å². The van der Waals surface area contributed by atoms with Gasteiger partial charge in [-0.25, -0.2) is 0 Å². The van der Waals surface area contributed by atoms with E-state index in [1.54, 1.807) is 24.3 Å². The maximum absolute atomic E-state index is 13.2. The van der Waals surface area contributed by atoms with Crippen molar-refractivity contribution >= 4 is 23.3 Å². The summed E-state index contributed by atoms with van der Waals surface area (Å²) in [4.78, 5) is 33.7. The van der Waals surface area contributed by atoms with Gasteiger partial charge in [0.15, 0.2) is 6.10 Å². The average molecular weight is 440 g/mol. The predicted octanol–water partition coefficient (Wildman–Crippen LogP) is 4.34. The molecule has 0 aromatic heterocycles. The Bertz CT molecular complexity index is 934. The third-order valence-electron chi connectivity index (χ3n) is 3.99. The molecule has 11 heteroatoms. The van der Waals surface area contributed by atoms with Gasteiger partial charge in [-0.2, -0.15) is 13.2 Å². The molecule has 0 aliphatic carbocycles. The SMILES string of the molecule is C[C@H](OC(=O)CCCOc1ccccc1)C(=O)Nc1ccc([N+](=O)[O-])cc1C(F)(F)F. The molecule has 166 valence electrons. The minimum Gasteiger partial charge on any atom is -0.494 e. The molecule has 8 nitrogen and oxygen atoms in total. The van der Waals surface area contributed by atoms with E-state index in [1.807, 2.05) is 11.4 Å². The Hall–Kier alpha value is -3.63. The first-order valence-corrected chi connectivity index (χ1v) is 9.11. The molecule has 1 atom stereocenters. The number of hydrogen-bond acceptors (Lipinski definition) is 6. The molecule has 0 saturated heterocycles. The summed E-state index contributed by atoms with van der Waals surface area (Å²) in [5.74, 6) is -1.10. The van der Waals surface area contributed by atoms with E-state index in [4.69, 9.17) is 9.47 Å². The van der Waals surface area contributed by atoms with E-state index in [1.165, 1.54) is 6.92 Å². The number of anilines is 1. The van der Waals surface area contributed by atoms with Gasteiger partial charge in [-0.15, -0.1) is 0 Å². The lowest BCUT2D eigenvalue weighted by Crippen LogP contribution is -2.30. The first kappa shape index (κ1) is 23.6. The first-order valence-electron chi connectivity index (χ1n) is 9.11. The summed E-state index contributed by atoms with van der Waals surface area (Å²) in [6.07, 6.45) is -6.06. The number of hydrogen-bond donors (Lipinski definition) is 1. The molecule has 0 aliphatic heterocycles. The summed E-state index contributed by atoms with van der Waals surface area (Å²) in [7, 11) is 0. The van der Waals surface area contributed by atoms with Crippen LogP contribution < -0.4 is 10.1 Å². The molecule has 2 aromatic carbocycles. The molecule has 0 aliphatic rings. The highest BCUT2D eigenvalue weighted by Gasteiger charge is 2.36. The molecule has 0 radical (unpaired) electrons. The molecule has 2 aromatic rings. The highest BCUT2D eigenvalue weighted by molar-refractivity contribution is 5.96. The Labute approximate surface area is 175 Å². The number of nitro benzene ring substituents is 1. The number of carbonyl (C=O) groups is 2. The second kappa shape index (κ2) is 10.4. The van der Waals surface area contributed by atoms with Crippen LogP contribution in [-0.4, -0.2) is 29.5 Å². The Morgan fingerprint density at radius 1 is 1.16 bits per heavy atom. The van der Waals surface area contributed by atoms with Gasteiger partial charge in [0.25, 0.3) is 11.6 Å². The molecule has 2 rings (SSSR count). The van der Waals surface area contributed by atoms with Gasteiger partial charge in [0.1, 0.15) is 5.75 Å². The zero-order valence-electron chi connectivity index (χ0n) is 16.3. The summed E-state index contributed by atoms with van der Waals surface area (Å²) < 4.78 is 49.9. The fourth-order valence-corrected chi connectivity index (χ4v) is 2.46. The van der Waals surface area contributed by atoms with E-state index >= 15 is 0 Å². The summed E-state index contributed by atoms with van der Waals surface area (Å²) >= 11 is 0. The van der Waals surface area contributed by atoms with Crippen LogP contribution in [0.15, 0.2) is 48.5 Å². The molecule has 1 amide bonds. The third kappa shape index (κ3) is 7.28. The van der Waals surface area contributed by atoms with Crippen molar-refractivity contribution in [2.24, 2.45) is 0 Å². The number of ether oxygens (including phenoxy) is 2. The number of nitrogens with one attached hydrogen (secondary N) is 1. The molecule has 0 spiro atoms. The van der Waals surface area contributed by atoms with Gasteiger partial charge >= 0.3 is 12.1 Å². The van der Waals surface area contributed by atoms with Crippen molar-refractivity contribution in [1.82, 2.24) is 0 Å². The lowest BCUT2D eigenvalue weighted by atomic mass is 10.1. The van der Waals surface area contributed by atoms with Crippen LogP contribution in [0.2, 0.25) is 0 Å². The van der Waals surface area contributed by atoms with Crippen LogP contribution in [-0.2, 0) is 20.5 Å². The maximum Gasteiger partial charge on any atom is 0.418 e. The Morgan fingerprint density at radius 3 is 2.45 bits per heavy atom. The fraction of sp³-hybridized carbons (Fsp3) is 0.300. The molecular weight excluding hydrogens is 421 g/mol. The molecule has 31 heavy (non-hydrogen) atoms. The fourth-order valence-electron chi connectivity index (χ4n) is 2.46. The van der Waals surface area contributed by atoms with Crippen LogP contribution >= 0.6 is 0 Å². The summed E-state index contributed by atoms with van der Waals surface area (Å²) in [5, 5.41) is 12.7. The topological polar surface area (TPSA) is 108 Å². The van der Waals surface area contributed by atoms with E-state index < -0.39 is 46.0 Å². The van der Waals surface area contributed by atoms with Gasteiger partial charge in [-0.05, 0) is 31.5 Å². The molecular formula is C20H19F3N2O6. The van der Waals surface area contributed by atoms with Crippen molar-refractivity contribution in [1.29, 1.82) is 0 Å². The maximum atomic E-state index is 13.2. The molecule has 0 saturated carbocycles. The number of non-ortho nitro benzene ring substituents is 1. The lowest BCUT2D eigenvalue weighted by molar-refractivity contribution is -0.385. The Kier molecular flexibility index (Phi) is 7.94. The quantitative estimate of drug-likeness (QED) is 0.269. The minimum absolute atomic E-state index is 0.0597. The number of para-hydroxylation sites is 1. The highest BCUT2D eigenvalue weighted by atomic mass is 19.4. The number of esters is 1. The van der Waals surface area contributed by atoms with Crippen LogP contribution in [0.5, 0.6) is 5.75 Å². The second-order valence-electron chi connectivity index (χ2n) is 6.37. The smallest absolute Gasteiger partial charge is 0.418 e. The van der Waals surface area contributed by atoms with Crippen LogP contribution in [0, 0.1) is 10.1 Å². The summed E-state index contributed by atoms with van der Waals surface area (Å²) in [5.41, 5.74) is -2.84. The number of rotatable bonds is 9. The summed E-state index contributed by atoms with van der Waals surface area (Å²) in [6, 6.07) is 10.8. The summed E-state index contributed by atoms with van der Waals surface area (Å²) in [6.45, 7) is 1.43. The zero-order chi connectivity index (χ0) is 23.0. The van der Waals surface area contributed by atoms with Gasteiger partial charge < -0.3 is 14.8 Å². The molecule has 0 heterocycles. The molecule has 0 unspecified atom stereocenters. The molecule has 0 bridgehead atoms. The van der Waals surface area contributed by atoms with E-state index in [-0.39, 0.29) is 13.0 Å². The standard InChI is InChI=1S/C20H19F3N2O6/c1-13(31-18(26)8-5-11-30-15-6-3-2-4-7-15)19(27)24-17-10-9-14(25(28)29)12-16(17)20(21,22)23/h2-4,6-7,9-10,12-13H,5,8,11H2,1H3,(H,24,27)/t13-/m0/s1. The van der Waals surface area contributed by atoms with Crippen LogP contribution in [0.4, 0.5) is 24.5 Å². The van der Waals surface area contributed by atoms with Gasteiger partial charge in [0.05, 0.1) is 22.8 Å². The highest BCUT2D eigenvalue weighted by Crippen LogP contribution is 2.37. The van der Waals surface area contributed by atoms with E-state index in [0.717, 1.165) is 12.1 Å². The van der Waals surface area contributed by atoms with Crippen molar-refractivity contribution in [3.05, 3.63) is 64.2 Å². The van der Waals surface area contributed by atoms with Crippen molar-refractivity contribution in [2.75, 3.05) is 11.9 Å². The lowest BCUT2D eigenvalue weighted by Gasteiger charge is -2.17. The molecule has 1 N–H and O–H groups in total. The van der Waals surface area contributed by atoms with Gasteiger partial charge in [-0.3, -0.25) is 19.7 Å².